The summed E-state index contributed by atoms with van der Waals surface area (Å²) in [7, 11) is 0. The molecule has 9 aromatic rings. The van der Waals surface area contributed by atoms with E-state index in [1.54, 1.807) is 0 Å². The molecule has 0 saturated carbocycles. The fraction of sp³-hybridized carbons (Fsp3) is 0.118. The Hall–Kier alpha value is -6.47. The molecule has 0 saturated heterocycles. The smallest absolute Gasteiger partial charge is 0.135 e. The minimum Gasteiger partial charge on any atom is -0.456 e. The van der Waals surface area contributed by atoms with E-state index in [4.69, 9.17) is 9.41 Å². The number of amidine groups is 1. The minimum absolute atomic E-state index is 0.0791. The van der Waals surface area contributed by atoms with E-state index in [2.05, 4.69) is 179 Å². The number of para-hydroxylation sites is 1. The molecule has 0 bridgehead atoms. The van der Waals surface area contributed by atoms with Crippen LogP contribution in [0.4, 0.5) is 0 Å². The molecule has 2 aliphatic carbocycles. The van der Waals surface area contributed by atoms with Gasteiger partial charge in [-0.15, -0.1) is 11.3 Å². The van der Waals surface area contributed by atoms with Gasteiger partial charge in [-0.05, 0) is 101 Å². The van der Waals surface area contributed by atoms with Crippen LogP contribution in [0, 0.1) is 0 Å². The molecule has 0 fully saturated rings. The molecule has 3 atom stereocenters. The third kappa shape index (κ3) is 5.43. The lowest BCUT2D eigenvalue weighted by Gasteiger charge is -2.32. The van der Waals surface area contributed by atoms with Gasteiger partial charge in [0, 0.05) is 59.7 Å². The van der Waals surface area contributed by atoms with E-state index in [9.17, 15) is 0 Å². The van der Waals surface area contributed by atoms with E-state index in [0.717, 1.165) is 47.6 Å². The Morgan fingerprint density at radius 3 is 2.18 bits per heavy atom. The van der Waals surface area contributed by atoms with Crippen molar-refractivity contribution in [3.63, 3.8) is 0 Å². The number of furan rings is 1. The molecule has 1 aliphatic heterocycles. The quantitative estimate of drug-likeness (QED) is 0.184. The number of aliphatic imine (C=N–C) groups is 1. The van der Waals surface area contributed by atoms with Gasteiger partial charge in [0.25, 0.3) is 0 Å². The van der Waals surface area contributed by atoms with Crippen LogP contribution < -0.4 is 10.6 Å². The Kier molecular flexibility index (Phi) is 7.50. The van der Waals surface area contributed by atoms with Gasteiger partial charge in [0.1, 0.15) is 29.5 Å². The molecular weight excluding hydrogens is 717 g/mol. The number of nitrogens with zero attached hydrogens (tertiary/aromatic N) is 2. The maximum absolute atomic E-state index is 6.47. The predicted molar refractivity (Wildman–Crippen MR) is 237 cm³/mol. The summed E-state index contributed by atoms with van der Waals surface area (Å²) in [6, 6.07) is 50.6. The van der Waals surface area contributed by atoms with Crippen LogP contribution in [0.3, 0.4) is 0 Å². The molecule has 57 heavy (non-hydrogen) atoms. The van der Waals surface area contributed by atoms with Crippen LogP contribution in [0.1, 0.15) is 64.1 Å². The monoisotopic (exact) mass is 754 g/mol. The van der Waals surface area contributed by atoms with E-state index in [0.29, 0.717) is 0 Å². The maximum atomic E-state index is 6.47. The summed E-state index contributed by atoms with van der Waals surface area (Å²) in [4.78, 5) is 5.23. The molecule has 5 nitrogen and oxygen atoms in total. The number of allylic oxidation sites excluding steroid dienone is 2. The van der Waals surface area contributed by atoms with Crippen LogP contribution in [0.2, 0.25) is 0 Å². The molecule has 6 heteroatoms. The summed E-state index contributed by atoms with van der Waals surface area (Å²) in [5, 5.41) is 12.5. The number of hydrogen-bond acceptors (Lipinski definition) is 5. The van der Waals surface area contributed by atoms with Gasteiger partial charge in [0.15, 0.2) is 0 Å². The molecule has 4 heterocycles. The third-order valence-electron chi connectivity index (χ3n) is 12.1. The zero-order chi connectivity index (χ0) is 37.5. The highest BCUT2D eigenvalue weighted by Gasteiger charge is 2.28. The fourth-order valence-electron chi connectivity index (χ4n) is 9.35. The molecule has 3 aromatic heterocycles. The van der Waals surface area contributed by atoms with Crippen molar-refractivity contribution in [3.05, 3.63) is 191 Å². The van der Waals surface area contributed by atoms with Gasteiger partial charge in [-0.1, -0.05) is 103 Å². The Bertz CT molecular complexity index is 3130. The molecule has 3 aliphatic rings. The third-order valence-corrected chi connectivity index (χ3v) is 13.3. The lowest BCUT2D eigenvalue weighted by atomic mass is 9.94. The minimum atomic E-state index is -0.173. The van der Waals surface area contributed by atoms with Crippen LogP contribution in [0.15, 0.2) is 161 Å². The molecule has 6 aromatic carbocycles. The van der Waals surface area contributed by atoms with E-state index >= 15 is 0 Å². The van der Waals surface area contributed by atoms with Gasteiger partial charge in [-0.3, -0.25) is 5.32 Å². The summed E-state index contributed by atoms with van der Waals surface area (Å²) in [5.74, 6) is 1.87. The van der Waals surface area contributed by atoms with Crippen molar-refractivity contribution in [2.45, 2.75) is 37.6 Å². The van der Waals surface area contributed by atoms with Crippen molar-refractivity contribution < 1.29 is 4.42 Å². The molecule has 0 amide bonds. The number of rotatable bonds is 5. The second kappa shape index (κ2) is 13.1. The van der Waals surface area contributed by atoms with Crippen LogP contribution in [0.5, 0.6) is 0 Å². The van der Waals surface area contributed by atoms with Gasteiger partial charge in [-0.2, -0.15) is 0 Å². The van der Waals surface area contributed by atoms with Gasteiger partial charge < -0.3 is 14.3 Å². The molecule has 0 spiro atoms. The van der Waals surface area contributed by atoms with Crippen LogP contribution in [-0.4, -0.2) is 10.4 Å². The van der Waals surface area contributed by atoms with Gasteiger partial charge in [-0.25, -0.2) is 4.99 Å². The Morgan fingerprint density at radius 1 is 0.649 bits per heavy atom. The highest BCUT2D eigenvalue weighted by atomic mass is 32.1. The normalized spacial score (nSPS) is 18.9. The maximum Gasteiger partial charge on any atom is 0.135 e. The molecule has 12 rings (SSSR count). The highest BCUT2D eigenvalue weighted by Crippen LogP contribution is 2.42. The second-order valence-corrected chi connectivity index (χ2v) is 16.5. The zero-order valence-electron chi connectivity index (χ0n) is 31.2. The lowest BCUT2D eigenvalue weighted by Crippen LogP contribution is -2.44. The first-order valence-corrected chi connectivity index (χ1v) is 20.7. The summed E-state index contributed by atoms with van der Waals surface area (Å²) in [6.07, 6.45) is 12.0. The van der Waals surface area contributed by atoms with Crippen molar-refractivity contribution >= 4 is 71.4 Å². The van der Waals surface area contributed by atoms with Crippen LogP contribution in [-0.2, 0) is 12.8 Å². The zero-order valence-corrected chi connectivity index (χ0v) is 32.0. The molecule has 0 radical (unpaired) electrons. The average Bonchev–Trinajstić information content (AvgIpc) is 3.95. The lowest BCUT2D eigenvalue weighted by molar-refractivity contribution is 0.409. The van der Waals surface area contributed by atoms with E-state index in [1.165, 1.54) is 70.0 Å². The summed E-state index contributed by atoms with van der Waals surface area (Å²) in [6.45, 7) is 0. The van der Waals surface area contributed by atoms with Crippen molar-refractivity contribution in [1.29, 1.82) is 0 Å². The fourth-order valence-corrected chi connectivity index (χ4v) is 10.4. The molecule has 3 unspecified atom stereocenters. The summed E-state index contributed by atoms with van der Waals surface area (Å²) >= 11 is 1.85. The molecule has 274 valence electrons. The van der Waals surface area contributed by atoms with Crippen molar-refractivity contribution in [2.24, 2.45) is 4.99 Å². The van der Waals surface area contributed by atoms with Crippen molar-refractivity contribution in [3.8, 4) is 11.1 Å². The summed E-state index contributed by atoms with van der Waals surface area (Å²) < 4.78 is 11.6. The van der Waals surface area contributed by atoms with E-state index in [1.807, 2.05) is 11.3 Å². The van der Waals surface area contributed by atoms with E-state index < -0.39 is 0 Å². The molecule has 2 N–H and O–H groups in total. The standard InChI is InChI=1S/C51H38N4OS/c1-3-11-31(12-4-1)49-52-50(32-13-5-2-6-14-32)54-51(53-49)35-21-26-48-42(29-35)41-28-34(20-25-47(41)57-48)33-19-23-45-39(27-33)40-30-36(22-24-46(40)56-45)55-43-17-9-7-15-37(43)38-16-8-10-18-44(38)55/h1-7,9-15,17-29,36,49-50,52H,8,16,30H2,(H,53,54). The van der Waals surface area contributed by atoms with Gasteiger partial charge in [0.05, 0.1) is 6.04 Å². The first-order valence-electron chi connectivity index (χ1n) is 19.9. The number of thiophene rings is 1. The Morgan fingerprint density at radius 2 is 1.35 bits per heavy atom. The Balaban J connectivity index is 0.913. The largest absolute Gasteiger partial charge is 0.456 e. The van der Waals surface area contributed by atoms with Crippen molar-refractivity contribution in [1.82, 2.24) is 15.2 Å². The SMILES string of the molecule is C1=Cc2c(c3ccccc3n2C2C=Cc3oc4ccc(-c5ccc6sc7ccc(C8=NC(c9ccccc9)NC(c9ccccc9)N8)cc7c6c5)cc4c3C2)CC1. The summed E-state index contributed by atoms with van der Waals surface area (Å²) in [5.41, 5.74) is 12.2. The first-order chi connectivity index (χ1) is 28.2. The number of aryl methyl sites for hydroxylation is 1. The number of aromatic nitrogens is 1. The number of fused-ring (bicyclic) bond motifs is 9. The number of hydrogen-bond donors (Lipinski definition) is 2. The van der Waals surface area contributed by atoms with Crippen molar-refractivity contribution in [2.75, 3.05) is 0 Å². The van der Waals surface area contributed by atoms with Gasteiger partial charge >= 0.3 is 0 Å². The van der Waals surface area contributed by atoms with E-state index in [-0.39, 0.29) is 18.4 Å². The Labute approximate surface area is 334 Å². The highest BCUT2D eigenvalue weighted by molar-refractivity contribution is 7.25. The van der Waals surface area contributed by atoms with Gasteiger partial charge in [0.2, 0.25) is 0 Å². The topological polar surface area (TPSA) is 54.5 Å². The molecular formula is C51H38N4OS. The van der Waals surface area contributed by atoms with Crippen LogP contribution in [0.25, 0.3) is 65.3 Å². The first kappa shape index (κ1) is 32.7. The average molecular weight is 755 g/mol. The van der Waals surface area contributed by atoms with Crippen LogP contribution >= 0.6 is 11.3 Å². The number of benzene rings is 6. The predicted octanol–water partition coefficient (Wildman–Crippen LogP) is 12.5. The number of nitrogens with one attached hydrogen (secondary N) is 2. The second-order valence-electron chi connectivity index (χ2n) is 15.4.